The molecule has 2 rings (SSSR count). The van der Waals surface area contributed by atoms with Gasteiger partial charge in [0.2, 0.25) is 0 Å². The number of nitrogens with one attached hydrogen (secondary N) is 1. The summed E-state index contributed by atoms with van der Waals surface area (Å²) >= 11 is 1.30. The number of hydrogen-bond donors (Lipinski definition) is 1. The first kappa shape index (κ1) is 13.7. The summed E-state index contributed by atoms with van der Waals surface area (Å²) < 4.78 is 22.8. The second kappa shape index (κ2) is 6.47. The minimum atomic E-state index is -0.266. The summed E-state index contributed by atoms with van der Waals surface area (Å²) in [6, 6.07) is 4.83. The van der Waals surface area contributed by atoms with Crippen molar-refractivity contribution in [2.24, 2.45) is 0 Å². The minimum Gasteiger partial charge on any atom is -0.487 e. The molecule has 0 aliphatic carbocycles. The van der Waals surface area contributed by atoms with Gasteiger partial charge in [0, 0.05) is 24.1 Å². The maximum atomic E-state index is 13.4. The number of nitrogens with zero attached hydrogens (tertiary/aromatic N) is 2. The van der Waals surface area contributed by atoms with E-state index in [1.165, 1.54) is 17.6 Å². The molecular weight excluding hydrogens is 265 g/mol. The van der Waals surface area contributed by atoms with Crippen molar-refractivity contribution < 1.29 is 9.13 Å². The Balaban J connectivity index is 1.98. The molecule has 0 unspecified atom stereocenters. The second-order valence-corrected chi connectivity index (χ2v) is 4.93. The van der Waals surface area contributed by atoms with Crippen LogP contribution in [0.15, 0.2) is 18.2 Å². The number of anilines is 1. The Morgan fingerprint density at radius 3 is 3.00 bits per heavy atom. The highest BCUT2D eigenvalue weighted by molar-refractivity contribution is 7.10. The number of benzene rings is 1. The quantitative estimate of drug-likeness (QED) is 0.881. The summed E-state index contributed by atoms with van der Waals surface area (Å²) in [5.74, 6) is 0.232. The van der Waals surface area contributed by atoms with Crippen LogP contribution in [0.25, 0.3) is 0 Å². The molecule has 2 aromatic rings. The summed E-state index contributed by atoms with van der Waals surface area (Å²) in [4.78, 5) is 0. The van der Waals surface area contributed by atoms with Gasteiger partial charge in [-0.25, -0.2) is 4.39 Å². The van der Waals surface area contributed by atoms with Crippen molar-refractivity contribution in [3.05, 3.63) is 35.3 Å². The van der Waals surface area contributed by atoms with E-state index in [2.05, 4.69) is 21.8 Å². The zero-order chi connectivity index (χ0) is 13.7. The molecule has 1 aromatic heterocycles. The molecule has 102 valence electrons. The van der Waals surface area contributed by atoms with Gasteiger partial charge in [-0.15, -0.1) is 5.10 Å². The molecule has 1 aromatic carbocycles. The van der Waals surface area contributed by atoms with Gasteiger partial charge in [0.1, 0.15) is 28.9 Å². The fourth-order valence-corrected chi connectivity index (χ4v) is 2.08. The lowest BCUT2D eigenvalue weighted by Crippen LogP contribution is -2.03. The van der Waals surface area contributed by atoms with Gasteiger partial charge in [-0.1, -0.05) is 17.5 Å². The van der Waals surface area contributed by atoms with Crippen LogP contribution in [0.5, 0.6) is 5.75 Å². The number of aryl methyl sites for hydroxylation is 1. The molecule has 0 radical (unpaired) electrons. The Bertz CT molecular complexity index is 544. The highest BCUT2D eigenvalue weighted by Crippen LogP contribution is 2.21. The first-order valence-electron chi connectivity index (χ1n) is 6.14. The summed E-state index contributed by atoms with van der Waals surface area (Å²) in [6.07, 6.45) is 1.03. The largest absolute Gasteiger partial charge is 0.487 e. The number of ether oxygens (including phenoxy) is 1. The van der Waals surface area contributed by atoms with Crippen LogP contribution in [0.2, 0.25) is 0 Å². The van der Waals surface area contributed by atoms with E-state index in [1.807, 2.05) is 0 Å². The Labute approximate surface area is 115 Å². The van der Waals surface area contributed by atoms with Crippen LogP contribution >= 0.6 is 11.5 Å². The number of hydrogen-bond acceptors (Lipinski definition) is 5. The zero-order valence-electron chi connectivity index (χ0n) is 10.9. The molecule has 1 N–H and O–H groups in total. The van der Waals surface area contributed by atoms with E-state index < -0.39 is 0 Å². The van der Waals surface area contributed by atoms with Crippen LogP contribution in [0.4, 0.5) is 9.39 Å². The van der Waals surface area contributed by atoms with E-state index >= 15 is 0 Å². The molecule has 0 saturated heterocycles. The van der Waals surface area contributed by atoms with Crippen molar-refractivity contribution in [2.75, 3.05) is 11.9 Å². The third-order valence-electron chi connectivity index (χ3n) is 2.61. The first-order chi connectivity index (χ1) is 9.20. The predicted octanol–water partition coefficient (Wildman–Crippen LogP) is 3.39. The monoisotopic (exact) mass is 281 g/mol. The third kappa shape index (κ3) is 3.64. The summed E-state index contributed by atoms with van der Waals surface area (Å²) in [5, 5.41) is 8.16. The Hall–Kier alpha value is -1.69. The van der Waals surface area contributed by atoms with E-state index in [0.29, 0.717) is 11.3 Å². The van der Waals surface area contributed by atoms with Crippen LogP contribution in [0.3, 0.4) is 0 Å². The Kier molecular flexibility index (Phi) is 4.68. The molecule has 0 fully saturated rings. The molecule has 0 atom stereocenters. The van der Waals surface area contributed by atoms with Gasteiger partial charge in [0.05, 0.1) is 0 Å². The first-order valence-corrected chi connectivity index (χ1v) is 6.92. The molecule has 0 aliphatic rings. The summed E-state index contributed by atoms with van der Waals surface area (Å²) in [5.41, 5.74) is 1.35. The lowest BCUT2D eigenvalue weighted by atomic mass is 10.2. The maximum absolute atomic E-state index is 13.4. The molecule has 6 heteroatoms. The van der Waals surface area contributed by atoms with Gasteiger partial charge < -0.3 is 10.1 Å². The molecular formula is C13H16FN3OS. The number of aromatic nitrogens is 2. The van der Waals surface area contributed by atoms with Crippen molar-refractivity contribution >= 4 is 16.5 Å². The van der Waals surface area contributed by atoms with Crippen molar-refractivity contribution in [2.45, 2.75) is 26.9 Å². The van der Waals surface area contributed by atoms with Gasteiger partial charge in [0.15, 0.2) is 0 Å². The van der Waals surface area contributed by atoms with E-state index in [0.717, 1.165) is 23.7 Å². The van der Waals surface area contributed by atoms with E-state index in [4.69, 9.17) is 4.74 Å². The van der Waals surface area contributed by atoms with Gasteiger partial charge in [-0.3, -0.25) is 0 Å². The van der Waals surface area contributed by atoms with Crippen molar-refractivity contribution in [1.82, 2.24) is 9.59 Å². The number of halogens is 1. The minimum absolute atomic E-state index is 0.266. The van der Waals surface area contributed by atoms with Gasteiger partial charge in [-0.05, 0) is 25.0 Å². The molecule has 0 bridgehead atoms. The normalized spacial score (nSPS) is 10.5. The van der Waals surface area contributed by atoms with E-state index in [9.17, 15) is 4.39 Å². The SMILES string of the molecule is CCCNc1snnc1COc1ccc(C)c(F)c1. The van der Waals surface area contributed by atoms with Gasteiger partial charge in [0.25, 0.3) is 0 Å². The van der Waals surface area contributed by atoms with Crippen LogP contribution in [-0.2, 0) is 6.61 Å². The summed E-state index contributed by atoms with van der Waals surface area (Å²) in [6.45, 7) is 4.96. The highest BCUT2D eigenvalue weighted by atomic mass is 32.1. The Morgan fingerprint density at radius 2 is 2.26 bits per heavy atom. The molecule has 0 aliphatic heterocycles. The fraction of sp³-hybridized carbons (Fsp3) is 0.385. The number of rotatable bonds is 6. The molecule has 1 heterocycles. The van der Waals surface area contributed by atoms with Crippen LogP contribution < -0.4 is 10.1 Å². The summed E-state index contributed by atoms with van der Waals surface area (Å²) in [7, 11) is 0. The highest BCUT2D eigenvalue weighted by Gasteiger charge is 2.08. The average molecular weight is 281 g/mol. The van der Waals surface area contributed by atoms with E-state index in [-0.39, 0.29) is 12.4 Å². The zero-order valence-corrected chi connectivity index (χ0v) is 11.8. The standard InChI is InChI=1S/C13H16FN3OS/c1-3-6-15-13-12(16-17-19-13)8-18-10-5-4-9(2)11(14)7-10/h4-5,7,15H,3,6,8H2,1-2H3. The Morgan fingerprint density at radius 1 is 1.42 bits per heavy atom. The molecule has 0 spiro atoms. The average Bonchev–Trinajstić information content (AvgIpc) is 2.85. The molecule has 0 amide bonds. The van der Waals surface area contributed by atoms with Gasteiger partial charge >= 0.3 is 0 Å². The lowest BCUT2D eigenvalue weighted by molar-refractivity contribution is 0.300. The van der Waals surface area contributed by atoms with Crippen LogP contribution in [-0.4, -0.2) is 16.1 Å². The van der Waals surface area contributed by atoms with Gasteiger partial charge in [-0.2, -0.15) is 0 Å². The smallest absolute Gasteiger partial charge is 0.136 e. The van der Waals surface area contributed by atoms with Crippen molar-refractivity contribution in [3.63, 3.8) is 0 Å². The van der Waals surface area contributed by atoms with Crippen LogP contribution in [0.1, 0.15) is 24.6 Å². The topological polar surface area (TPSA) is 47.0 Å². The molecule has 4 nitrogen and oxygen atoms in total. The van der Waals surface area contributed by atoms with Crippen molar-refractivity contribution in [1.29, 1.82) is 0 Å². The maximum Gasteiger partial charge on any atom is 0.136 e. The predicted molar refractivity (Wildman–Crippen MR) is 74.2 cm³/mol. The second-order valence-electron chi connectivity index (χ2n) is 4.18. The van der Waals surface area contributed by atoms with E-state index in [1.54, 1.807) is 19.1 Å². The molecule has 0 saturated carbocycles. The van der Waals surface area contributed by atoms with Crippen LogP contribution in [0, 0.1) is 12.7 Å². The fourth-order valence-electron chi connectivity index (χ4n) is 1.49. The third-order valence-corrected chi connectivity index (χ3v) is 3.34. The lowest BCUT2D eigenvalue weighted by Gasteiger charge is -2.07. The molecule has 19 heavy (non-hydrogen) atoms. The van der Waals surface area contributed by atoms with Crippen molar-refractivity contribution in [3.8, 4) is 5.75 Å².